The Hall–Kier alpha value is -1.10. The maximum Gasteiger partial charge on any atom is 0.245 e. The molecule has 0 spiro atoms. The summed E-state index contributed by atoms with van der Waals surface area (Å²) < 4.78 is 5.22. The van der Waals surface area contributed by atoms with Crippen LogP contribution >= 0.6 is 0 Å². The number of carbonyl (C=O) groups excluding carboxylic acids is 2. The summed E-state index contributed by atoms with van der Waals surface area (Å²) in [5.41, 5.74) is 0. The van der Waals surface area contributed by atoms with Gasteiger partial charge < -0.3 is 15.0 Å². The molecule has 2 amide bonds. The van der Waals surface area contributed by atoms with E-state index < -0.39 is 0 Å². The van der Waals surface area contributed by atoms with E-state index in [1.54, 1.807) is 12.0 Å². The van der Waals surface area contributed by atoms with E-state index in [1.165, 1.54) is 0 Å². The number of amides is 2. The van der Waals surface area contributed by atoms with Gasteiger partial charge in [0.1, 0.15) is 6.04 Å². The minimum atomic E-state index is -0.340. The number of carbonyl (C=O) groups is 2. The summed E-state index contributed by atoms with van der Waals surface area (Å²) in [5, 5.41) is 2.79. The van der Waals surface area contributed by atoms with Gasteiger partial charge in [0, 0.05) is 13.2 Å². The highest BCUT2D eigenvalue weighted by atomic mass is 16.5. The van der Waals surface area contributed by atoms with E-state index in [4.69, 9.17) is 4.74 Å². The topological polar surface area (TPSA) is 58.6 Å². The van der Waals surface area contributed by atoms with E-state index >= 15 is 0 Å². The zero-order valence-electron chi connectivity index (χ0n) is 11.3. The molecule has 0 aromatic rings. The normalized spacial score (nSPS) is 32.4. The fraction of sp³-hybridized carbons (Fsp3) is 0.846. The van der Waals surface area contributed by atoms with Gasteiger partial charge in [-0.3, -0.25) is 9.59 Å². The van der Waals surface area contributed by atoms with Crippen LogP contribution in [0.2, 0.25) is 0 Å². The zero-order valence-corrected chi connectivity index (χ0v) is 11.3. The van der Waals surface area contributed by atoms with Gasteiger partial charge in [0.05, 0.1) is 12.6 Å². The lowest BCUT2D eigenvalue weighted by Gasteiger charge is -2.45. The average Bonchev–Trinajstić information content (AvgIpc) is 2.22. The van der Waals surface area contributed by atoms with Crippen LogP contribution in [-0.2, 0) is 14.3 Å². The smallest absolute Gasteiger partial charge is 0.245 e. The van der Waals surface area contributed by atoms with Crippen molar-refractivity contribution in [2.24, 2.45) is 5.92 Å². The Morgan fingerprint density at radius 2 is 2.06 bits per heavy atom. The Bertz CT molecular complexity index is 337. The summed E-state index contributed by atoms with van der Waals surface area (Å²) in [6.07, 6.45) is 2.66. The Morgan fingerprint density at radius 1 is 1.39 bits per heavy atom. The van der Waals surface area contributed by atoms with E-state index in [-0.39, 0.29) is 36.5 Å². The van der Waals surface area contributed by atoms with Crippen LogP contribution in [0.3, 0.4) is 0 Å². The third-order valence-corrected chi connectivity index (χ3v) is 3.78. The summed E-state index contributed by atoms with van der Waals surface area (Å²) in [6.45, 7) is 4.32. The first-order valence-electron chi connectivity index (χ1n) is 6.64. The van der Waals surface area contributed by atoms with Gasteiger partial charge in [-0.05, 0) is 25.2 Å². The Kier molecular flexibility index (Phi) is 3.90. The summed E-state index contributed by atoms with van der Waals surface area (Å²) in [5.74, 6) is 0.427. The Morgan fingerprint density at radius 3 is 2.61 bits per heavy atom. The van der Waals surface area contributed by atoms with Crippen LogP contribution in [0, 0.1) is 5.92 Å². The highest BCUT2D eigenvalue weighted by Gasteiger charge is 2.42. The molecule has 1 aliphatic heterocycles. The number of nitrogens with zero attached hydrogens (tertiary/aromatic N) is 1. The molecule has 0 aromatic heterocycles. The van der Waals surface area contributed by atoms with Gasteiger partial charge in [-0.2, -0.15) is 0 Å². The second kappa shape index (κ2) is 5.26. The van der Waals surface area contributed by atoms with E-state index in [0.717, 1.165) is 12.8 Å². The molecule has 1 N–H and O–H groups in total. The number of hydrogen-bond donors (Lipinski definition) is 1. The first-order valence-corrected chi connectivity index (χ1v) is 6.64. The van der Waals surface area contributed by atoms with Crippen LogP contribution in [0.1, 0.15) is 33.1 Å². The summed E-state index contributed by atoms with van der Waals surface area (Å²) >= 11 is 0. The van der Waals surface area contributed by atoms with Crippen molar-refractivity contribution < 1.29 is 14.3 Å². The standard InChI is InChI=1S/C13H22N2O3/c1-8(2)4-11-13(17)15(7-12(16)14-11)9-5-10(6-9)18-3/h8-11H,4-7H2,1-3H3,(H,14,16). The monoisotopic (exact) mass is 254 g/mol. The van der Waals surface area contributed by atoms with Crippen LogP contribution in [0.4, 0.5) is 0 Å². The highest BCUT2D eigenvalue weighted by molar-refractivity contribution is 5.95. The van der Waals surface area contributed by atoms with Crippen LogP contribution in [-0.4, -0.2) is 48.6 Å². The van der Waals surface area contributed by atoms with Crippen molar-refractivity contribution >= 4 is 11.8 Å². The lowest BCUT2D eigenvalue weighted by atomic mass is 9.86. The number of nitrogens with one attached hydrogen (secondary N) is 1. The molecule has 1 heterocycles. The van der Waals surface area contributed by atoms with Crippen LogP contribution < -0.4 is 5.32 Å². The van der Waals surface area contributed by atoms with E-state index in [1.807, 2.05) is 0 Å². The highest BCUT2D eigenvalue weighted by Crippen LogP contribution is 2.29. The molecule has 5 heteroatoms. The largest absolute Gasteiger partial charge is 0.381 e. The van der Waals surface area contributed by atoms with Crippen LogP contribution in [0.5, 0.6) is 0 Å². The molecule has 1 saturated carbocycles. The predicted molar refractivity (Wildman–Crippen MR) is 66.9 cm³/mol. The predicted octanol–water partition coefficient (Wildman–Crippen LogP) is 0.537. The third kappa shape index (κ3) is 2.66. The SMILES string of the molecule is COC1CC(N2CC(=O)NC(CC(C)C)C2=O)C1. The first kappa shape index (κ1) is 13.3. The molecular weight excluding hydrogens is 232 g/mol. The van der Waals surface area contributed by atoms with Crippen molar-refractivity contribution in [3.8, 4) is 0 Å². The molecule has 0 aromatic carbocycles. The summed E-state index contributed by atoms with van der Waals surface area (Å²) in [7, 11) is 1.69. The van der Waals surface area contributed by atoms with Crippen molar-refractivity contribution in [1.29, 1.82) is 0 Å². The number of hydrogen-bond acceptors (Lipinski definition) is 3. The van der Waals surface area contributed by atoms with Gasteiger partial charge in [0.15, 0.2) is 0 Å². The van der Waals surface area contributed by atoms with Gasteiger partial charge >= 0.3 is 0 Å². The fourth-order valence-corrected chi connectivity index (χ4v) is 2.66. The van der Waals surface area contributed by atoms with Crippen molar-refractivity contribution in [1.82, 2.24) is 10.2 Å². The van der Waals surface area contributed by atoms with Crippen LogP contribution in [0.25, 0.3) is 0 Å². The number of methoxy groups -OCH3 is 1. The molecule has 2 aliphatic rings. The molecule has 18 heavy (non-hydrogen) atoms. The fourth-order valence-electron chi connectivity index (χ4n) is 2.66. The second-order valence-electron chi connectivity index (χ2n) is 5.70. The summed E-state index contributed by atoms with van der Waals surface area (Å²) in [6, 6.07) is -0.156. The number of rotatable bonds is 4. The molecule has 2 fully saturated rings. The van der Waals surface area contributed by atoms with Gasteiger partial charge in [-0.1, -0.05) is 13.8 Å². The molecule has 5 nitrogen and oxygen atoms in total. The van der Waals surface area contributed by atoms with Gasteiger partial charge in [0.25, 0.3) is 0 Å². The van der Waals surface area contributed by atoms with E-state index in [2.05, 4.69) is 19.2 Å². The molecule has 0 radical (unpaired) electrons. The maximum absolute atomic E-state index is 12.3. The number of piperazine rings is 1. The van der Waals surface area contributed by atoms with Gasteiger partial charge in [0.2, 0.25) is 11.8 Å². The maximum atomic E-state index is 12.3. The molecule has 102 valence electrons. The Labute approximate surface area is 108 Å². The molecule has 1 atom stereocenters. The quantitative estimate of drug-likeness (QED) is 0.796. The molecule has 1 saturated heterocycles. The van der Waals surface area contributed by atoms with Crippen molar-refractivity contribution in [2.45, 2.75) is 51.3 Å². The molecular formula is C13H22N2O3. The lowest BCUT2D eigenvalue weighted by Crippen LogP contribution is -2.63. The zero-order chi connectivity index (χ0) is 13.3. The van der Waals surface area contributed by atoms with E-state index in [0.29, 0.717) is 12.3 Å². The lowest BCUT2D eigenvalue weighted by molar-refractivity contribution is -0.152. The minimum Gasteiger partial charge on any atom is -0.381 e. The van der Waals surface area contributed by atoms with Crippen molar-refractivity contribution in [2.75, 3.05) is 13.7 Å². The first-order chi connectivity index (χ1) is 8.51. The van der Waals surface area contributed by atoms with Crippen LogP contribution in [0.15, 0.2) is 0 Å². The van der Waals surface area contributed by atoms with Crippen molar-refractivity contribution in [3.05, 3.63) is 0 Å². The molecule has 2 rings (SSSR count). The van der Waals surface area contributed by atoms with E-state index in [9.17, 15) is 9.59 Å². The molecule has 0 bridgehead atoms. The molecule has 1 aliphatic carbocycles. The van der Waals surface area contributed by atoms with Gasteiger partial charge in [-0.25, -0.2) is 0 Å². The third-order valence-electron chi connectivity index (χ3n) is 3.78. The minimum absolute atomic E-state index is 0.0406. The molecule has 1 unspecified atom stereocenters. The second-order valence-corrected chi connectivity index (χ2v) is 5.70. The summed E-state index contributed by atoms with van der Waals surface area (Å²) in [4.78, 5) is 25.7. The Balaban J connectivity index is 1.97. The van der Waals surface area contributed by atoms with Crippen molar-refractivity contribution in [3.63, 3.8) is 0 Å². The number of ether oxygens (including phenoxy) is 1. The van der Waals surface area contributed by atoms with Gasteiger partial charge in [-0.15, -0.1) is 0 Å². The average molecular weight is 254 g/mol.